The van der Waals surface area contributed by atoms with Crippen molar-refractivity contribution in [1.29, 1.82) is 5.41 Å². The van der Waals surface area contributed by atoms with Crippen molar-refractivity contribution in [2.24, 2.45) is 40.4 Å². The first-order valence-electron chi connectivity index (χ1n) is 10.0. The van der Waals surface area contributed by atoms with Crippen LogP contribution in [0.1, 0.15) is 85.0 Å². The molecule has 4 aliphatic rings. The van der Waals surface area contributed by atoms with E-state index in [9.17, 15) is 0 Å². The van der Waals surface area contributed by atoms with E-state index in [1.54, 1.807) is 0 Å². The van der Waals surface area contributed by atoms with Gasteiger partial charge < -0.3 is 5.41 Å². The van der Waals surface area contributed by atoms with E-state index in [0.29, 0.717) is 16.7 Å². The van der Waals surface area contributed by atoms with Crippen molar-refractivity contribution in [3.8, 4) is 0 Å². The van der Waals surface area contributed by atoms with Gasteiger partial charge in [0, 0.05) is 11.6 Å². The molecule has 1 N–H and O–H groups in total. The van der Waals surface area contributed by atoms with Gasteiger partial charge in [0.25, 0.3) is 0 Å². The maximum atomic E-state index is 8.26. The van der Waals surface area contributed by atoms with Crippen molar-refractivity contribution in [1.82, 2.24) is 0 Å². The highest BCUT2D eigenvalue weighted by molar-refractivity contribution is 5.82. The average molecular weight is 302 g/mol. The Kier molecular flexibility index (Phi) is 3.51. The van der Waals surface area contributed by atoms with Crippen molar-refractivity contribution in [3.05, 3.63) is 0 Å². The van der Waals surface area contributed by atoms with Gasteiger partial charge in [0.1, 0.15) is 0 Å². The summed E-state index contributed by atoms with van der Waals surface area (Å²) < 4.78 is 0. The van der Waals surface area contributed by atoms with E-state index in [1.807, 2.05) is 0 Å². The summed E-state index contributed by atoms with van der Waals surface area (Å²) in [7, 11) is 0. The summed E-state index contributed by atoms with van der Waals surface area (Å²) >= 11 is 0. The topological polar surface area (TPSA) is 23.9 Å². The van der Waals surface area contributed by atoms with Gasteiger partial charge in [-0.15, -0.1) is 0 Å². The van der Waals surface area contributed by atoms with Gasteiger partial charge in [0.15, 0.2) is 0 Å². The Morgan fingerprint density at radius 1 is 0.818 bits per heavy atom. The van der Waals surface area contributed by atoms with Crippen LogP contribution in [0.4, 0.5) is 0 Å². The Balaban J connectivity index is 1.63. The highest BCUT2D eigenvalue weighted by Crippen LogP contribution is 2.67. The lowest BCUT2D eigenvalue weighted by atomic mass is 9.45. The summed E-state index contributed by atoms with van der Waals surface area (Å²) in [6.07, 6.45) is 14.6. The molecule has 0 aromatic heterocycles. The molecule has 4 rings (SSSR count). The van der Waals surface area contributed by atoms with E-state index < -0.39 is 0 Å². The van der Waals surface area contributed by atoms with Crippen molar-refractivity contribution in [2.45, 2.75) is 85.0 Å². The Morgan fingerprint density at radius 2 is 1.59 bits per heavy atom. The van der Waals surface area contributed by atoms with Gasteiger partial charge in [-0.1, -0.05) is 26.7 Å². The monoisotopic (exact) mass is 301 g/mol. The molecule has 22 heavy (non-hydrogen) atoms. The number of hydrogen-bond donors (Lipinski definition) is 1. The number of fused-ring (bicyclic) bond motifs is 5. The molecule has 0 aromatic rings. The maximum Gasteiger partial charge on any atom is 0.00946 e. The van der Waals surface area contributed by atoms with Crippen LogP contribution in [-0.4, -0.2) is 5.71 Å². The van der Waals surface area contributed by atoms with Gasteiger partial charge in [-0.25, -0.2) is 0 Å². The summed E-state index contributed by atoms with van der Waals surface area (Å²) in [6, 6.07) is 0. The molecule has 0 amide bonds. The zero-order valence-corrected chi connectivity index (χ0v) is 15.0. The van der Waals surface area contributed by atoms with E-state index in [0.717, 1.165) is 29.4 Å². The molecule has 0 spiro atoms. The lowest BCUT2D eigenvalue weighted by molar-refractivity contribution is -0.106. The molecular weight excluding hydrogens is 266 g/mol. The molecule has 7 unspecified atom stereocenters. The van der Waals surface area contributed by atoms with Crippen LogP contribution < -0.4 is 0 Å². The fourth-order valence-corrected chi connectivity index (χ4v) is 8.01. The summed E-state index contributed by atoms with van der Waals surface area (Å²) in [5.41, 5.74) is 2.10. The highest BCUT2D eigenvalue weighted by atomic mass is 14.7. The van der Waals surface area contributed by atoms with Crippen molar-refractivity contribution in [2.75, 3.05) is 0 Å². The minimum absolute atomic E-state index is 0.463. The Labute approximate surface area is 137 Å². The first-order valence-corrected chi connectivity index (χ1v) is 10.0. The van der Waals surface area contributed by atoms with Crippen LogP contribution in [0.5, 0.6) is 0 Å². The molecule has 1 nitrogen and oxygen atoms in total. The maximum absolute atomic E-state index is 8.26. The number of rotatable bonds is 1. The molecule has 0 aliphatic heterocycles. The second-order valence-electron chi connectivity index (χ2n) is 9.76. The van der Waals surface area contributed by atoms with Crippen LogP contribution in [0, 0.1) is 45.8 Å². The molecule has 0 aromatic carbocycles. The Bertz CT molecular complexity index is 469. The van der Waals surface area contributed by atoms with E-state index in [4.69, 9.17) is 5.41 Å². The zero-order valence-electron chi connectivity index (χ0n) is 15.0. The van der Waals surface area contributed by atoms with Crippen molar-refractivity contribution < 1.29 is 0 Å². The minimum atomic E-state index is 0.463. The molecule has 0 radical (unpaired) electrons. The van der Waals surface area contributed by atoms with E-state index in [1.165, 1.54) is 64.2 Å². The predicted octanol–water partition coefficient (Wildman–Crippen LogP) is 6.08. The van der Waals surface area contributed by atoms with E-state index >= 15 is 0 Å². The van der Waals surface area contributed by atoms with Crippen LogP contribution in [0.15, 0.2) is 0 Å². The van der Waals surface area contributed by atoms with Gasteiger partial charge in [-0.2, -0.15) is 0 Å². The number of hydrogen-bond acceptors (Lipinski definition) is 1. The molecule has 0 heterocycles. The van der Waals surface area contributed by atoms with E-state index in [2.05, 4.69) is 20.8 Å². The minimum Gasteiger partial charge on any atom is -0.310 e. The molecule has 4 aliphatic carbocycles. The standard InChI is InChI=1S/C21H35N/c1-14(22)17-9-10-18-16-8-7-15-6-4-5-12-20(15,2)19(16)11-13-21(17,18)3/h15-19,22H,4-13H2,1-3H3. The third kappa shape index (κ3) is 1.93. The first-order chi connectivity index (χ1) is 10.5. The summed E-state index contributed by atoms with van der Waals surface area (Å²) in [5, 5.41) is 8.26. The van der Waals surface area contributed by atoms with E-state index in [-0.39, 0.29) is 0 Å². The Morgan fingerprint density at radius 3 is 2.36 bits per heavy atom. The molecule has 7 atom stereocenters. The van der Waals surface area contributed by atoms with Gasteiger partial charge >= 0.3 is 0 Å². The SMILES string of the molecule is CC(=N)C1CCC2C3CCC4CCCCC4(C)C3CCC12C. The second kappa shape index (κ2) is 5.08. The van der Waals surface area contributed by atoms with Gasteiger partial charge in [0.2, 0.25) is 0 Å². The van der Waals surface area contributed by atoms with Crippen LogP contribution in [0.25, 0.3) is 0 Å². The summed E-state index contributed by atoms with van der Waals surface area (Å²) in [5.74, 6) is 4.55. The van der Waals surface area contributed by atoms with Gasteiger partial charge in [-0.3, -0.25) is 0 Å². The van der Waals surface area contributed by atoms with Crippen LogP contribution in [0.2, 0.25) is 0 Å². The highest BCUT2D eigenvalue weighted by Gasteiger charge is 2.59. The van der Waals surface area contributed by atoms with Crippen LogP contribution in [-0.2, 0) is 0 Å². The largest absolute Gasteiger partial charge is 0.310 e. The zero-order chi connectivity index (χ0) is 15.5. The molecule has 1 heteroatoms. The summed E-state index contributed by atoms with van der Waals surface area (Å²) in [4.78, 5) is 0. The van der Waals surface area contributed by atoms with Crippen LogP contribution in [0.3, 0.4) is 0 Å². The van der Waals surface area contributed by atoms with Crippen LogP contribution >= 0.6 is 0 Å². The van der Waals surface area contributed by atoms with Gasteiger partial charge in [0.05, 0.1) is 0 Å². The smallest absolute Gasteiger partial charge is 0.00946 e. The lowest BCUT2D eigenvalue weighted by Gasteiger charge is -2.60. The molecule has 4 saturated carbocycles. The third-order valence-electron chi connectivity index (χ3n) is 9.11. The second-order valence-corrected chi connectivity index (χ2v) is 9.76. The molecule has 4 fully saturated rings. The van der Waals surface area contributed by atoms with Crippen molar-refractivity contribution >= 4 is 5.71 Å². The molecule has 0 bridgehead atoms. The fraction of sp³-hybridized carbons (Fsp3) is 0.952. The normalized spacial score (nSPS) is 54.2. The fourth-order valence-electron chi connectivity index (χ4n) is 8.01. The third-order valence-corrected chi connectivity index (χ3v) is 9.11. The number of nitrogens with one attached hydrogen (secondary N) is 1. The molecule has 0 saturated heterocycles. The predicted molar refractivity (Wildman–Crippen MR) is 93.2 cm³/mol. The van der Waals surface area contributed by atoms with Crippen molar-refractivity contribution in [3.63, 3.8) is 0 Å². The molecular formula is C21H35N. The first kappa shape index (κ1) is 15.2. The Hall–Kier alpha value is -0.330. The lowest BCUT2D eigenvalue weighted by Crippen LogP contribution is -2.53. The molecule has 124 valence electrons. The van der Waals surface area contributed by atoms with Gasteiger partial charge in [-0.05, 0) is 92.8 Å². The summed E-state index contributed by atoms with van der Waals surface area (Å²) in [6.45, 7) is 7.30. The quantitative estimate of drug-likeness (QED) is 0.568. The average Bonchev–Trinajstić information content (AvgIpc) is 2.84.